The fourth-order valence-electron chi connectivity index (χ4n) is 5.67. The lowest BCUT2D eigenvalue weighted by atomic mass is 9.75. The van der Waals surface area contributed by atoms with Crippen LogP contribution in [0.25, 0.3) is 0 Å². The average molecular weight is 479 g/mol. The molecule has 1 saturated heterocycles. The first-order valence-electron chi connectivity index (χ1n) is 13.2. The molecule has 5 rings (SSSR count). The van der Waals surface area contributed by atoms with E-state index < -0.39 is 0 Å². The summed E-state index contributed by atoms with van der Waals surface area (Å²) in [5.74, 6) is 1.93. The molecule has 7 heteroatoms. The molecule has 3 heterocycles. The van der Waals surface area contributed by atoms with Crippen molar-refractivity contribution >= 4 is 11.6 Å². The molecule has 1 aromatic heterocycles. The minimum Gasteiger partial charge on any atom is -0.486 e. The number of hydrogen-bond donors (Lipinski definition) is 1. The Morgan fingerprint density at radius 1 is 1.06 bits per heavy atom. The van der Waals surface area contributed by atoms with E-state index in [-0.39, 0.29) is 17.4 Å². The van der Waals surface area contributed by atoms with E-state index in [1.54, 1.807) is 6.20 Å². The number of nitrogens with one attached hydrogen (secondary N) is 1. The summed E-state index contributed by atoms with van der Waals surface area (Å²) in [6.07, 6.45) is 10.0. The van der Waals surface area contributed by atoms with Crippen LogP contribution in [0.4, 0.5) is 5.69 Å². The quantitative estimate of drug-likeness (QED) is 0.655. The normalized spacial score (nSPS) is 20.8. The molecule has 1 aromatic carbocycles. The van der Waals surface area contributed by atoms with Crippen LogP contribution in [0, 0.1) is 5.41 Å². The van der Waals surface area contributed by atoms with Crippen molar-refractivity contribution in [2.24, 2.45) is 5.41 Å². The van der Waals surface area contributed by atoms with Crippen molar-refractivity contribution in [2.75, 3.05) is 50.8 Å². The summed E-state index contributed by atoms with van der Waals surface area (Å²) in [4.78, 5) is 22.5. The van der Waals surface area contributed by atoms with Gasteiger partial charge in [0, 0.05) is 56.6 Å². The van der Waals surface area contributed by atoms with Crippen LogP contribution in [-0.2, 0) is 11.2 Å². The van der Waals surface area contributed by atoms with Gasteiger partial charge in [-0.15, -0.1) is 0 Å². The second-order valence-corrected chi connectivity index (χ2v) is 10.4. The first-order chi connectivity index (χ1) is 17.1. The summed E-state index contributed by atoms with van der Waals surface area (Å²) in [5, 5.41) is 3.45. The zero-order valence-electron chi connectivity index (χ0n) is 20.9. The first-order valence-corrected chi connectivity index (χ1v) is 13.2. The highest BCUT2D eigenvalue weighted by Gasteiger charge is 2.36. The number of nitrogens with zero attached hydrogens (tertiary/aromatic N) is 3. The summed E-state index contributed by atoms with van der Waals surface area (Å²) >= 11 is 0. The van der Waals surface area contributed by atoms with Crippen LogP contribution in [0.15, 0.2) is 42.7 Å². The number of ether oxygens (including phenoxy) is 2. The lowest BCUT2D eigenvalue weighted by Crippen LogP contribution is -2.54. The van der Waals surface area contributed by atoms with E-state index in [0.29, 0.717) is 13.2 Å². The summed E-state index contributed by atoms with van der Waals surface area (Å²) in [6, 6.07) is 10.3. The van der Waals surface area contributed by atoms with E-state index in [2.05, 4.69) is 39.2 Å². The Balaban J connectivity index is 1.23. The number of para-hydroxylation sites is 1. The van der Waals surface area contributed by atoms with Crippen molar-refractivity contribution in [1.29, 1.82) is 0 Å². The second-order valence-electron chi connectivity index (χ2n) is 10.4. The Hall–Kier alpha value is -2.80. The Morgan fingerprint density at radius 3 is 2.63 bits per heavy atom. The van der Waals surface area contributed by atoms with Crippen LogP contribution in [-0.4, -0.2) is 67.8 Å². The molecular formula is C28H38N4O3. The maximum atomic E-state index is 13.4. The van der Waals surface area contributed by atoms with Crippen molar-refractivity contribution in [3.63, 3.8) is 0 Å². The number of pyridine rings is 1. The fourth-order valence-corrected chi connectivity index (χ4v) is 5.67. The Kier molecular flexibility index (Phi) is 7.42. The van der Waals surface area contributed by atoms with Crippen molar-refractivity contribution in [2.45, 2.75) is 51.5 Å². The molecule has 1 aliphatic carbocycles. The molecule has 1 amide bonds. The van der Waals surface area contributed by atoms with E-state index in [0.717, 1.165) is 82.0 Å². The maximum absolute atomic E-state index is 13.4. The largest absolute Gasteiger partial charge is 0.486 e. The van der Waals surface area contributed by atoms with E-state index >= 15 is 0 Å². The molecule has 0 bridgehead atoms. The second kappa shape index (κ2) is 10.9. The molecule has 2 fully saturated rings. The fraction of sp³-hybridized carbons (Fsp3) is 0.571. The summed E-state index contributed by atoms with van der Waals surface area (Å²) in [5.41, 5.74) is 2.05. The molecule has 7 nitrogen and oxygen atoms in total. The summed E-state index contributed by atoms with van der Waals surface area (Å²) < 4.78 is 11.7. The van der Waals surface area contributed by atoms with Gasteiger partial charge in [-0.3, -0.25) is 14.7 Å². The third-order valence-corrected chi connectivity index (χ3v) is 7.78. The van der Waals surface area contributed by atoms with Crippen molar-refractivity contribution in [3.8, 4) is 11.5 Å². The van der Waals surface area contributed by atoms with Gasteiger partial charge in [0.25, 0.3) is 0 Å². The van der Waals surface area contributed by atoms with Crippen LogP contribution in [0.1, 0.15) is 44.6 Å². The number of benzene rings is 1. The number of piperazine rings is 1. The molecule has 188 valence electrons. The zero-order chi connectivity index (χ0) is 24.1. The van der Waals surface area contributed by atoms with Gasteiger partial charge >= 0.3 is 0 Å². The highest BCUT2D eigenvalue weighted by atomic mass is 16.6. The monoisotopic (exact) mass is 478 g/mol. The molecule has 0 unspecified atom stereocenters. The third kappa shape index (κ3) is 5.72. The van der Waals surface area contributed by atoms with Crippen LogP contribution >= 0.6 is 0 Å². The van der Waals surface area contributed by atoms with Crippen LogP contribution < -0.4 is 19.7 Å². The van der Waals surface area contributed by atoms with E-state index in [4.69, 9.17) is 9.47 Å². The SMILES string of the molecule is CC1(C(=O)N[C@H](Cc2cccnc2)CN2CCN(c3cccc4c3OCCO4)CC2)CCCCC1. The van der Waals surface area contributed by atoms with E-state index in [1.165, 1.54) is 12.0 Å². The number of fused-ring (bicyclic) bond motifs is 1. The van der Waals surface area contributed by atoms with Crippen LogP contribution in [0.2, 0.25) is 0 Å². The Labute approximate surface area is 208 Å². The summed E-state index contributed by atoms with van der Waals surface area (Å²) in [7, 11) is 0. The number of carbonyl (C=O) groups excluding carboxylic acids is 1. The van der Waals surface area contributed by atoms with E-state index in [1.807, 2.05) is 24.4 Å². The van der Waals surface area contributed by atoms with E-state index in [9.17, 15) is 4.79 Å². The van der Waals surface area contributed by atoms with Gasteiger partial charge in [-0.05, 0) is 43.0 Å². The standard InChI is InChI=1S/C28H38N4O3/c1-28(10-3-2-4-11-28)27(33)30-23(19-22-7-6-12-29-20-22)21-31-13-15-32(16-14-31)24-8-5-9-25-26(24)35-18-17-34-25/h5-9,12,20,23H,2-4,10-11,13-19,21H2,1H3,(H,30,33)/t23-/m1/s1. The molecule has 35 heavy (non-hydrogen) atoms. The number of aromatic nitrogens is 1. The van der Waals surface area contributed by atoms with Gasteiger partial charge in [0.05, 0.1) is 5.69 Å². The predicted molar refractivity (Wildman–Crippen MR) is 137 cm³/mol. The molecule has 0 spiro atoms. The van der Waals surface area contributed by atoms with Crippen molar-refractivity contribution in [1.82, 2.24) is 15.2 Å². The molecule has 1 atom stereocenters. The highest BCUT2D eigenvalue weighted by molar-refractivity contribution is 5.82. The number of hydrogen-bond acceptors (Lipinski definition) is 6. The highest BCUT2D eigenvalue weighted by Crippen LogP contribution is 2.40. The minimum absolute atomic E-state index is 0.0678. The van der Waals surface area contributed by atoms with Gasteiger partial charge in [-0.25, -0.2) is 0 Å². The zero-order valence-corrected chi connectivity index (χ0v) is 20.9. The lowest BCUT2D eigenvalue weighted by Gasteiger charge is -2.39. The summed E-state index contributed by atoms with van der Waals surface area (Å²) in [6.45, 7) is 7.93. The minimum atomic E-state index is -0.237. The number of amides is 1. The Bertz CT molecular complexity index is 985. The van der Waals surface area contributed by atoms with Gasteiger partial charge < -0.3 is 19.7 Å². The maximum Gasteiger partial charge on any atom is 0.226 e. The average Bonchev–Trinajstić information content (AvgIpc) is 2.90. The topological polar surface area (TPSA) is 66.9 Å². The van der Waals surface area contributed by atoms with Crippen molar-refractivity contribution < 1.29 is 14.3 Å². The smallest absolute Gasteiger partial charge is 0.226 e. The van der Waals surface area contributed by atoms with Gasteiger partial charge in [0.1, 0.15) is 13.2 Å². The molecule has 0 radical (unpaired) electrons. The van der Waals surface area contributed by atoms with Gasteiger partial charge in [0.2, 0.25) is 5.91 Å². The molecule has 3 aliphatic rings. The van der Waals surface area contributed by atoms with Crippen molar-refractivity contribution in [3.05, 3.63) is 48.3 Å². The number of carbonyl (C=O) groups is 1. The van der Waals surface area contributed by atoms with Crippen LogP contribution in [0.5, 0.6) is 11.5 Å². The molecule has 1 saturated carbocycles. The van der Waals surface area contributed by atoms with Gasteiger partial charge in [-0.2, -0.15) is 0 Å². The lowest BCUT2D eigenvalue weighted by molar-refractivity contribution is -0.132. The first kappa shape index (κ1) is 23.9. The number of anilines is 1. The van der Waals surface area contributed by atoms with Gasteiger partial charge in [-0.1, -0.05) is 38.3 Å². The molecule has 2 aromatic rings. The van der Waals surface area contributed by atoms with Gasteiger partial charge in [0.15, 0.2) is 11.5 Å². The van der Waals surface area contributed by atoms with Crippen LogP contribution in [0.3, 0.4) is 0 Å². The molecule has 2 aliphatic heterocycles. The Morgan fingerprint density at radius 2 is 1.86 bits per heavy atom. The molecular weight excluding hydrogens is 440 g/mol. The predicted octanol–water partition coefficient (Wildman–Crippen LogP) is 3.67. The number of rotatable bonds is 7. The third-order valence-electron chi connectivity index (χ3n) is 7.78. The molecule has 1 N–H and O–H groups in total.